The fourth-order valence-corrected chi connectivity index (χ4v) is 3.71. The van der Waals surface area contributed by atoms with Crippen LogP contribution in [-0.2, 0) is 11.3 Å². The Morgan fingerprint density at radius 3 is 2.91 bits per heavy atom. The van der Waals surface area contributed by atoms with Gasteiger partial charge in [0.25, 0.3) is 0 Å². The highest BCUT2D eigenvalue weighted by molar-refractivity contribution is 8.00. The minimum atomic E-state index is -0.553. The Labute approximate surface area is 137 Å². The summed E-state index contributed by atoms with van der Waals surface area (Å²) in [6, 6.07) is 7.79. The molecule has 1 amide bonds. The number of carbonyl (C=O) groups excluding carboxylic acids is 1. The maximum atomic E-state index is 12.7. The van der Waals surface area contributed by atoms with Crippen LogP contribution in [0.25, 0.3) is 0 Å². The Hall–Kier alpha value is -2.35. The van der Waals surface area contributed by atoms with E-state index in [2.05, 4.69) is 11.9 Å². The number of nitrogens with zero attached hydrogens (tertiary/aromatic N) is 4. The van der Waals surface area contributed by atoms with Gasteiger partial charge in [-0.2, -0.15) is 0 Å². The standard InChI is InChI=1S/C15H16N4O3S/c1-10-7-18(12-5-3-4-6-13(12)23-10)15(20)9-17-8-14(19(21)22)16-11(17)2/h3-6,8,10H,7,9H2,1-2H3/t10-/m0/s1. The molecule has 1 aromatic heterocycles. The topological polar surface area (TPSA) is 81.3 Å². The van der Waals surface area contributed by atoms with Gasteiger partial charge in [-0.15, -0.1) is 11.8 Å². The first-order valence-electron chi connectivity index (χ1n) is 7.20. The van der Waals surface area contributed by atoms with Gasteiger partial charge in [-0.25, -0.2) is 0 Å². The molecule has 0 spiro atoms. The molecule has 0 fully saturated rings. The van der Waals surface area contributed by atoms with Crippen molar-refractivity contribution in [1.29, 1.82) is 0 Å². The number of anilines is 1. The summed E-state index contributed by atoms with van der Waals surface area (Å²) >= 11 is 1.75. The van der Waals surface area contributed by atoms with Crippen molar-refractivity contribution >= 4 is 29.2 Å². The van der Waals surface area contributed by atoms with Crippen LogP contribution in [0.2, 0.25) is 0 Å². The molecule has 0 bridgehead atoms. The van der Waals surface area contributed by atoms with Gasteiger partial charge in [-0.05, 0) is 22.0 Å². The van der Waals surface area contributed by atoms with E-state index in [1.54, 1.807) is 23.6 Å². The second kappa shape index (κ2) is 6.04. The summed E-state index contributed by atoms with van der Waals surface area (Å²) in [4.78, 5) is 29.6. The monoisotopic (exact) mass is 332 g/mol. The molecule has 2 aromatic rings. The molecule has 3 rings (SSSR count). The molecular weight excluding hydrogens is 316 g/mol. The molecule has 8 heteroatoms. The zero-order chi connectivity index (χ0) is 16.6. The first kappa shape index (κ1) is 15.5. The van der Waals surface area contributed by atoms with Crippen molar-refractivity contribution in [2.75, 3.05) is 11.4 Å². The Kier molecular flexibility index (Phi) is 4.08. The summed E-state index contributed by atoms with van der Waals surface area (Å²) in [6.07, 6.45) is 1.31. The number of aryl methyl sites for hydroxylation is 1. The summed E-state index contributed by atoms with van der Waals surface area (Å²) in [6.45, 7) is 4.39. The molecule has 0 saturated heterocycles. The number of fused-ring (bicyclic) bond motifs is 1. The van der Waals surface area contributed by atoms with Gasteiger partial charge >= 0.3 is 5.82 Å². The van der Waals surface area contributed by atoms with E-state index in [9.17, 15) is 14.9 Å². The van der Waals surface area contributed by atoms with E-state index >= 15 is 0 Å². The van der Waals surface area contributed by atoms with Crippen molar-refractivity contribution in [3.05, 3.63) is 46.4 Å². The number of carbonyl (C=O) groups is 1. The van der Waals surface area contributed by atoms with Crippen LogP contribution in [0.3, 0.4) is 0 Å². The number of imidazole rings is 1. The number of aromatic nitrogens is 2. The number of nitro groups is 1. The highest BCUT2D eigenvalue weighted by Crippen LogP contribution is 2.38. The molecule has 1 aromatic carbocycles. The fraction of sp³-hybridized carbons (Fsp3) is 0.333. The van der Waals surface area contributed by atoms with Gasteiger partial charge in [0.05, 0.1) is 5.69 Å². The number of rotatable bonds is 3. The summed E-state index contributed by atoms with van der Waals surface area (Å²) in [5, 5.41) is 11.1. The molecule has 0 radical (unpaired) electrons. The third-order valence-electron chi connectivity index (χ3n) is 3.68. The molecule has 7 nitrogen and oxygen atoms in total. The molecule has 1 aliphatic heterocycles. The molecule has 120 valence electrons. The lowest BCUT2D eigenvalue weighted by Gasteiger charge is -2.32. The van der Waals surface area contributed by atoms with Crippen molar-refractivity contribution in [1.82, 2.24) is 9.55 Å². The van der Waals surface area contributed by atoms with E-state index in [4.69, 9.17) is 0 Å². The predicted molar refractivity (Wildman–Crippen MR) is 87.7 cm³/mol. The number of amides is 1. The maximum absolute atomic E-state index is 12.7. The molecule has 2 heterocycles. The lowest BCUT2D eigenvalue weighted by atomic mass is 10.2. The maximum Gasteiger partial charge on any atom is 0.381 e. The highest BCUT2D eigenvalue weighted by Gasteiger charge is 2.27. The number of para-hydroxylation sites is 1. The molecule has 1 atom stereocenters. The molecule has 0 N–H and O–H groups in total. The fourth-order valence-electron chi connectivity index (χ4n) is 2.60. The smallest absolute Gasteiger partial charge is 0.358 e. The molecule has 1 aliphatic rings. The largest absolute Gasteiger partial charge is 0.381 e. The van der Waals surface area contributed by atoms with Crippen LogP contribution in [0.15, 0.2) is 35.4 Å². The summed E-state index contributed by atoms with van der Waals surface area (Å²) in [7, 11) is 0. The minimum Gasteiger partial charge on any atom is -0.358 e. The predicted octanol–water partition coefficient (Wildman–Crippen LogP) is 2.63. The Bertz CT molecular complexity index is 774. The highest BCUT2D eigenvalue weighted by atomic mass is 32.2. The molecule has 0 saturated carbocycles. The van der Waals surface area contributed by atoms with E-state index in [0.717, 1.165) is 10.6 Å². The molecule has 0 aliphatic carbocycles. The molecule has 0 unspecified atom stereocenters. The summed E-state index contributed by atoms with van der Waals surface area (Å²) in [5.74, 6) is 0.121. The minimum absolute atomic E-state index is 0.0401. The normalized spacial score (nSPS) is 17.0. The van der Waals surface area contributed by atoms with E-state index in [1.807, 2.05) is 24.3 Å². The number of hydrogen-bond acceptors (Lipinski definition) is 5. The number of benzene rings is 1. The van der Waals surface area contributed by atoms with Gasteiger partial charge in [0.2, 0.25) is 11.7 Å². The van der Waals surface area contributed by atoms with Gasteiger partial charge in [-0.1, -0.05) is 19.1 Å². The van der Waals surface area contributed by atoms with Gasteiger partial charge in [0.1, 0.15) is 12.7 Å². The van der Waals surface area contributed by atoms with Crippen LogP contribution >= 0.6 is 11.8 Å². The second-order valence-corrected chi connectivity index (χ2v) is 6.91. The van der Waals surface area contributed by atoms with Crippen LogP contribution in [0.5, 0.6) is 0 Å². The second-order valence-electron chi connectivity index (χ2n) is 5.43. The number of thioether (sulfide) groups is 1. The lowest BCUT2D eigenvalue weighted by Crippen LogP contribution is -2.40. The van der Waals surface area contributed by atoms with Crippen molar-refractivity contribution in [3.63, 3.8) is 0 Å². The van der Waals surface area contributed by atoms with E-state index in [0.29, 0.717) is 17.6 Å². The number of hydrogen-bond donors (Lipinski definition) is 0. The molecule has 23 heavy (non-hydrogen) atoms. The van der Waals surface area contributed by atoms with Gasteiger partial charge < -0.3 is 15.0 Å². The SMILES string of the molecule is Cc1nc([N+](=O)[O-])cn1CC(=O)N1C[C@H](C)Sc2ccccc21. The van der Waals surface area contributed by atoms with Crippen molar-refractivity contribution < 1.29 is 9.72 Å². The van der Waals surface area contributed by atoms with Crippen molar-refractivity contribution in [2.24, 2.45) is 0 Å². The van der Waals surface area contributed by atoms with Crippen LogP contribution < -0.4 is 4.90 Å². The van der Waals surface area contributed by atoms with Crippen molar-refractivity contribution in [3.8, 4) is 0 Å². The quantitative estimate of drug-likeness (QED) is 0.637. The average Bonchev–Trinajstić information content (AvgIpc) is 2.87. The Morgan fingerprint density at radius 2 is 2.22 bits per heavy atom. The first-order chi connectivity index (χ1) is 11.0. The van der Waals surface area contributed by atoms with Gasteiger partial charge in [-0.3, -0.25) is 9.36 Å². The Balaban J connectivity index is 1.85. The first-order valence-corrected chi connectivity index (χ1v) is 8.08. The van der Waals surface area contributed by atoms with Crippen LogP contribution in [0.1, 0.15) is 12.7 Å². The van der Waals surface area contributed by atoms with E-state index in [1.165, 1.54) is 10.8 Å². The third kappa shape index (κ3) is 3.07. The Morgan fingerprint density at radius 1 is 1.48 bits per heavy atom. The third-order valence-corrected chi connectivity index (χ3v) is 4.83. The molecular formula is C15H16N4O3S. The summed E-state index contributed by atoms with van der Waals surface area (Å²) < 4.78 is 1.52. The zero-order valence-corrected chi connectivity index (χ0v) is 13.6. The zero-order valence-electron chi connectivity index (χ0n) is 12.8. The van der Waals surface area contributed by atoms with Crippen LogP contribution in [-0.4, -0.2) is 32.2 Å². The van der Waals surface area contributed by atoms with E-state index < -0.39 is 4.92 Å². The van der Waals surface area contributed by atoms with Crippen LogP contribution in [0, 0.1) is 17.0 Å². The average molecular weight is 332 g/mol. The van der Waals surface area contributed by atoms with Crippen molar-refractivity contribution in [2.45, 2.75) is 30.5 Å². The van der Waals surface area contributed by atoms with E-state index in [-0.39, 0.29) is 18.3 Å². The van der Waals surface area contributed by atoms with Crippen LogP contribution in [0.4, 0.5) is 11.5 Å². The van der Waals surface area contributed by atoms with Gasteiger partial charge in [0, 0.05) is 23.6 Å². The lowest BCUT2D eigenvalue weighted by molar-refractivity contribution is -0.389. The summed E-state index contributed by atoms with van der Waals surface area (Å²) in [5.41, 5.74) is 0.896. The van der Waals surface area contributed by atoms with Gasteiger partial charge in [0.15, 0.2) is 0 Å².